The first-order valence-electron chi connectivity index (χ1n) is 6.29. The lowest BCUT2D eigenvalue weighted by molar-refractivity contribution is -0.384. The van der Waals surface area contributed by atoms with Crippen molar-refractivity contribution in [3.8, 4) is 0 Å². The molecule has 0 bridgehead atoms. The number of nitro groups is 1. The molecule has 18 heavy (non-hydrogen) atoms. The van der Waals surface area contributed by atoms with Crippen LogP contribution in [0.25, 0.3) is 0 Å². The lowest BCUT2D eigenvalue weighted by Gasteiger charge is -2.18. The van der Waals surface area contributed by atoms with Gasteiger partial charge in [-0.2, -0.15) is 0 Å². The SMILES string of the molecule is CCCCC(CC)Nc1cc([N+](=O)[O-])ccc1Cl. The van der Waals surface area contributed by atoms with Gasteiger partial charge in [0.1, 0.15) is 0 Å². The van der Waals surface area contributed by atoms with E-state index in [1.54, 1.807) is 6.07 Å². The number of anilines is 1. The lowest BCUT2D eigenvalue weighted by Crippen LogP contribution is -2.18. The van der Waals surface area contributed by atoms with Crippen LogP contribution in [-0.2, 0) is 0 Å². The van der Waals surface area contributed by atoms with Gasteiger partial charge in [-0.15, -0.1) is 0 Å². The number of halogens is 1. The van der Waals surface area contributed by atoms with Gasteiger partial charge in [-0.05, 0) is 18.9 Å². The van der Waals surface area contributed by atoms with E-state index in [9.17, 15) is 10.1 Å². The Kier molecular flexibility index (Phi) is 5.92. The first-order chi connectivity index (χ1) is 8.58. The molecule has 0 saturated heterocycles. The molecule has 0 aliphatic heterocycles. The Hall–Kier alpha value is -1.29. The van der Waals surface area contributed by atoms with E-state index in [1.807, 2.05) is 0 Å². The molecule has 4 nitrogen and oxygen atoms in total. The Morgan fingerprint density at radius 1 is 1.44 bits per heavy atom. The fourth-order valence-electron chi connectivity index (χ4n) is 1.79. The van der Waals surface area contributed by atoms with Crippen LogP contribution in [0.3, 0.4) is 0 Å². The van der Waals surface area contributed by atoms with Gasteiger partial charge in [0.05, 0.1) is 15.6 Å². The molecule has 0 saturated carbocycles. The van der Waals surface area contributed by atoms with Crippen molar-refractivity contribution >= 4 is 23.0 Å². The number of hydrogen-bond donors (Lipinski definition) is 1. The zero-order valence-corrected chi connectivity index (χ0v) is 11.5. The Labute approximate surface area is 112 Å². The molecule has 0 spiro atoms. The van der Waals surface area contributed by atoms with Crippen LogP contribution >= 0.6 is 11.6 Å². The summed E-state index contributed by atoms with van der Waals surface area (Å²) in [6, 6.07) is 4.79. The first kappa shape index (κ1) is 14.8. The van der Waals surface area contributed by atoms with Gasteiger partial charge in [0.2, 0.25) is 0 Å². The molecule has 1 N–H and O–H groups in total. The number of benzene rings is 1. The molecule has 0 aliphatic rings. The molecule has 0 heterocycles. The van der Waals surface area contributed by atoms with E-state index in [0.29, 0.717) is 16.8 Å². The number of unbranched alkanes of at least 4 members (excludes halogenated alkanes) is 1. The molecule has 0 radical (unpaired) electrons. The number of hydrogen-bond acceptors (Lipinski definition) is 3. The minimum atomic E-state index is -0.408. The minimum Gasteiger partial charge on any atom is -0.381 e. The molecule has 1 aromatic carbocycles. The third-order valence-electron chi connectivity index (χ3n) is 2.92. The molecule has 100 valence electrons. The number of nitrogens with zero attached hydrogens (tertiary/aromatic N) is 1. The summed E-state index contributed by atoms with van der Waals surface area (Å²) in [5, 5.41) is 14.5. The van der Waals surface area contributed by atoms with E-state index in [1.165, 1.54) is 12.1 Å². The van der Waals surface area contributed by atoms with Crippen molar-refractivity contribution in [3.05, 3.63) is 33.3 Å². The van der Waals surface area contributed by atoms with E-state index < -0.39 is 4.92 Å². The number of rotatable bonds is 7. The highest BCUT2D eigenvalue weighted by molar-refractivity contribution is 6.33. The van der Waals surface area contributed by atoms with Crippen molar-refractivity contribution in [1.29, 1.82) is 0 Å². The average Bonchev–Trinajstić information content (AvgIpc) is 2.36. The van der Waals surface area contributed by atoms with Gasteiger partial charge >= 0.3 is 0 Å². The van der Waals surface area contributed by atoms with Gasteiger partial charge in [0.25, 0.3) is 5.69 Å². The van der Waals surface area contributed by atoms with Crippen LogP contribution in [0, 0.1) is 10.1 Å². The molecular formula is C13H19ClN2O2. The molecule has 1 rings (SSSR count). The van der Waals surface area contributed by atoms with E-state index in [2.05, 4.69) is 19.2 Å². The van der Waals surface area contributed by atoms with Gasteiger partial charge in [-0.1, -0.05) is 38.3 Å². The highest BCUT2D eigenvalue weighted by Gasteiger charge is 2.12. The van der Waals surface area contributed by atoms with E-state index >= 15 is 0 Å². The summed E-state index contributed by atoms with van der Waals surface area (Å²) in [6.07, 6.45) is 4.30. The van der Waals surface area contributed by atoms with Crippen LogP contribution < -0.4 is 5.32 Å². The third-order valence-corrected chi connectivity index (χ3v) is 3.25. The largest absolute Gasteiger partial charge is 0.381 e. The maximum absolute atomic E-state index is 10.7. The number of nitro benzene ring substituents is 1. The quantitative estimate of drug-likeness (QED) is 0.580. The first-order valence-corrected chi connectivity index (χ1v) is 6.66. The van der Waals surface area contributed by atoms with Crippen molar-refractivity contribution in [3.63, 3.8) is 0 Å². The standard InChI is InChI=1S/C13H19ClN2O2/c1-3-5-6-10(4-2)15-13-9-11(16(17)18)7-8-12(13)14/h7-10,15H,3-6H2,1-2H3. The molecule has 0 amide bonds. The van der Waals surface area contributed by atoms with Crippen molar-refractivity contribution in [2.24, 2.45) is 0 Å². The number of non-ortho nitro benzene ring substituents is 1. The highest BCUT2D eigenvalue weighted by atomic mass is 35.5. The normalized spacial score (nSPS) is 12.2. The zero-order chi connectivity index (χ0) is 13.5. The summed E-state index contributed by atoms with van der Waals surface area (Å²) in [7, 11) is 0. The van der Waals surface area contributed by atoms with Gasteiger partial charge in [0.15, 0.2) is 0 Å². The summed E-state index contributed by atoms with van der Waals surface area (Å²) in [6.45, 7) is 4.24. The van der Waals surface area contributed by atoms with Gasteiger partial charge < -0.3 is 5.32 Å². The van der Waals surface area contributed by atoms with E-state index in [4.69, 9.17) is 11.6 Å². The van der Waals surface area contributed by atoms with E-state index in [-0.39, 0.29) is 5.69 Å². The van der Waals surface area contributed by atoms with Crippen LogP contribution in [0.15, 0.2) is 18.2 Å². The molecular weight excluding hydrogens is 252 g/mol. The monoisotopic (exact) mass is 270 g/mol. The highest BCUT2D eigenvalue weighted by Crippen LogP contribution is 2.28. The predicted octanol–water partition coefficient (Wildman–Crippen LogP) is 4.63. The molecule has 0 aliphatic carbocycles. The van der Waals surface area contributed by atoms with Crippen LogP contribution in [0.1, 0.15) is 39.5 Å². The zero-order valence-electron chi connectivity index (χ0n) is 10.8. The molecule has 1 unspecified atom stereocenters. The molecule has 5 heteroatoms. The minimum absolute atomic E-state index is 0.0623. The van der Waals surface area contributed by atoms with Crippen LogP contribution in [-0.4, -0.2) is 11.0 Å². The Balaban J connectivity index is 2.80. The molecule has 0 fully saturated rings. The molecule has 1 aromatic rings. The summed E-state index contributed by atoms with van der Waals surface area (Å²) >= 11 is 6.05. The molecule has 0 aromatic heterocycles. The second-order valence-corrected chi connectivity index (χ2v) is 4.72. The summed E-state index contributed by atoms with van der Waals surface area (Å²) in [5.74, 6) is 0. The maximum Gasteiger partial charge on any atom is 0.271 e. The lowest BCUT2D eigenvalue weighted by atomic mass is 10.1. The van der Waals surface area contributed by atoms with Gasteiger partial charge in [0, 0.05) is 18.2 Å². The van der Waals surface area contributed by atoms with Crippen LogP contribution in [0.5, 0.6) is 0 Å². The maximum atomic E-state index is 10.7. The van der Waals surface area contributed by atoms with Crippen LogP contribution in [0.2, 0.25) is 5.02 Å². The van der Waals surface area contributed by atoms with E-state index in [0.717, 1.165) is 25.7 Å². The van der Waals surface area contributed by atoms with Crippen LogP contribution in [0.4, 0.5) is 11.4 Å². The summed E-state index contributed by atoms with van der Waals surface area (Å²) in [5.41, 5.74) is 0.709. The molecule has 1 atom stereocenters. The fraction of sp³-hybridized carbons (Fsp3) is 0.538. The van der Waals surface area contributed by atoms with Gasteiger partial charge in [-0.25, -0.2) is 0 Å². The van der Waals surface area contributed by atoms with Crippen molar-refractivity contribution < 1.29 is 4.92 Å². The Morgan fingerprint density at radius 2 is 2.17 bits per heavy atom. The van der Waals surface area contributed by atoms with Crippen molar-refractivity contribution in [2.75, 3.05) is 5.32 Å². The average molecular weight is 271 g/mol. The second kappa shape index (κ2) is 7.21. The summed E-state index contributed by atoms with van der Waals surface area (Å²) in [4.78, 5) is 10.3. The predicted molar refractivity (Wildman–Crippen MR) is 75.3 cm³/mol. The van der Waals surface area contributed by atoms with Gasteiger partial charge in [-0.3, -0.25) is 10.1 Å². The van der Waals surface area contributed by atoms with Crippen molar-refractivity contribution in [2.45, 2.75) is 45.6 Å². The topological polar surface area (TPSA) is 55.2 Å². The smallest absolute Gasteiger partial charge is 0.271 e. The Bertz CT molecular complexity index is 410. The second-order valence-electron chi connectivity index (χ2n) is 4.31. The summed E-state index contributed by atoms with van der Waals surface area (Å²) < 4.78 is 0. The number of nitrogens with one attached hydrogen (secondary N) is 1. The fourth-order valence-corrected chi connectivity index (χ4v) is 1.96. The Morgan fingerprint density at radius 3 is 2.72 bits per heavy atom. The third kappa shape index (κ3) is 4.18. The van der Waals surface area contributed by atoms with Crippen molar-refractivity contribution in [1.82, 2.24) is 0 Å².